The third-order valence-corrected chi connectivity index (χ3v) is 5.39. The molecule has 56 valence electrons. The van der Waals surface area contributed by atoms with Crippen molar-refractivity contribution in [3.8, 4) is 0 Å². The van der Waals surface area contributed by atoms with E-state index >= 15 is 0 Å². The monoisotopic (exact) mass is 146 g/mol. The Morgan fingerprint density at radius 2 is 1.78 bits per heavy atom. The third kappa shape index (κ3) is 2.58. The minimum absolute atomic E-state index is 0.306. The second-order valence-corrected chi connectivity index (χ2v) is 6.46. The fraction of sp³-hybridized carbons (Fsp3) is 0.875. The van der Waals surface area contributed by atoms with Crippen molar-refractivity contribution in [1.82, 2.24) is 0 Å². The third-order valence-electron chi connectivity index (χ3n) is 2.27. The Kier molecular flexibility index (Phi) is 3.58. The second kappa shape index (κ2) is 3.46. The lowest BCUT2D eigenvalue weighted by molar-refractivity contribution is 0.676. The van der Waals surface area contributed by atoms with Crippen LogP contribution in [0.2, 0.25) is 0 Å². The van der Waals surface area contributed by atoms with Crippen LogP contribution < -0.4 is 0 Å². The maximum Gasteiger partial charge on any atom is -0.0186 e. The van der Waals surface area contributed by atoms with E-state index in [-0.39, 0.29) is 7.55 Å². The first-order valence-corrected chi connectivity index (χ1v) is 5.64. The van der Waals surface area contributed by atoms with E-state index in [1.165, 1.54) is 12.6 Å². The molecule has 0 aliphatic carbocycles. The van der Waals surface area contributed by atoms with Gasteiger partial charge in [0.15, 0.2) is 0 Å². The predicted molar refractivity (Wildman–Crippen MR) is 50.3 cm³/mol. The van der Waals surface area contributed by atoms with E-state index in [0.29, 0.717) is 5.16 Å². The molecular weight excluding hydrogens is 127 g/mol. The molecule has 0 N–H and O–H groups in total. The topological polar surface area (TPSA) is 0 Å². The van der Waals surface area contributed by atoms with Gasteiger partial charge in [-0.05, 0) is 17.7 Å². The summed E-state index contributed by atoms with van der Waals surface area (Å²) in [5, 5.41) is 0.541. The van der Waals surface area contributed by atoms with Crippen LogP contribution in [-0.4, -0.2) is 17.6 Å². The Bertz CT molecular complexity index is 103. The quantitative estimate of drug-likeness (QED) is 0.537. The van der Waals surface area contributed by atoms with Crippen molar-refractivity contribution in [2.45, 2.75) is 39.3 Å². The first kappa shape index (κ1) is 9.30. The molecule has 1 atom stereocenters. The van der Waals surface area contributed by atoms with Crippen LogP contribution in [0.25, 0.3) is 0 Å². The summed E-state index contributed by atoms with van der Waals surface area (Å²) in [6, 6.07) is 0. The molecular formula is C8H19P. The average Bonchev–Trinajstić information content (AvgIpc) is 1.86. The van der Waals surface area contributed by atoms with Crippen LogP contribution in [0.1, 0.15) is 34.1 Å². The highest BCUT2D eigenvalue weighted by atomic mass is 31.1. The molecule has 0 fully saturated rings. The molecule has 9 heavy (non-hydrogen) atoms. The normalized spacial score (nSPS) is 15.6. The van der Waals surface area contributed by atoms with Gasteiger partial charge in [0.25, 0.3) is 0 Å². The summed E-state index contributed by atoms with van der Waals surface area (Å²) in [7, 11) is -0.306. The van der Waals surface area contributed by atoms with Crippen molar-refractivity contribution in [3.05, 3.63) is 0 Å². The molecule has 0 saturated carbocycles. The van der Waals surface area contributed by atoms with Crippen LogP contribution in [-0.2, 0) is 0 Å². The van der Waals surface area contributed by atoms with Gasteiger partial charge < -0.3 is 0 Å². The van der Waals surface area contributed by atoms with Gasteiger partial charge in [0.05, 0.1) is 0 Å². The molecule has 0 aromatic heterocycles. The summed E-state index contributed by atoms with van der Waals surface area (Å²) in [4.78, 5) is 0. The van der Waals surface area contributed by atoms with Gasteiger partial charge in [-0.2, -0.15) is 0 Å². The van der Waals surface area contributed by atoms with E-state index in [2.05, 4.69) is 34.0 Å². The van der Waals surface area contributed by atoms with Crippen molar-refractivity contribution >= 4 is 13.8 Å². The second-order valence-electron chi connectivity index (χ2n) is 3.19. The smallest absolute Gasteiger partial charge is 0.0186 e. The van der Waals surface area contributed by atoms with Gasteiger partial charge in [-0.3, -0.25) is 0 Å². The van der Waals surface area contributed by atoms with Crippen LogP contribution in [0.15, 0.2) is 0 Å². The summed E-state index contributed by atoms with van der Waals surface area (Å²) in [5.41, 5.74) is 0. The Morgan fingerprint density at radius 1 is 1.33 bits per heavy atom. The van der Waals surface area contributed by atoms with E-state index in [1.54, 1.807) is 0 Å². The highest BCUT2D eigenvalue weighted by molar-refractivity contribution is 7.57. The SMILES string of the molecule is C=[PH](CC)C(C)(C)CC. The van der Waals surface area contributed by atoms with Gasteiger partial charge in [0.2, 0.25) is 0 Å². The van der Waals surface area contributed by atoms with E-state index < -0.39 is 0 Å². The molecule has 0 aliphatic rings. The maximum absolute atomic E-state index is 4.20. The van der Waals surface area contributed by atoms with Crippen LogP contribution in [0.3, 0.4) is 0 Å². The molecule has 0 heterocycles. The van der Waals surface area contributed by atoms with Crippen LogP contribution in [0, 0.1) is 0 Å². The molecule has 0 nitrogen and oxygen atoms in total. The summed E-state index contributed by atoms with van der Waals surface area (Å²) in [6.07, 6.45) is 6.77. The van der Waals surface area contributed by atoms with E-state index in [1.807, 2.05) is 0 Å². The van der Waals surface area contributed by atoms with Crippen LogP contribution >= 0.6 is 7.55 Å². The van der Waals surface area contributed by atoms with Crippen molar-refractivity contribution in [2.24, 2.45) is 0 Å². The Morgan fingerprint density at radius 3 is 1.89 bits per heavy atom. The van der Waals surface area contributed by atoms with Crippen molar-refractivity contribution in [1.29, 1.82) is 0 Å². The van der Waals surface area contributed by atoms with Gasteiger partial charge >= 0.3 is 0 Å². The van der Waals surface area contributed by atoms with Crippen molar-refractivity contribution in [3.63, 3.8) is 0 Å². The van der Waals surface area contributed by atoms with Crippen LogP contribution in [0.5, 0.6) is 0 Å². The van der Waals surface area contributed by atoms with E-state index in [4.69, 9.17) is 0 Å². The molecule has 0 aliphatic heterocycles. The molecule has 1 heteroatoms. The predicted octanol–water partition coefficient (Wildman–Crippen LogP) is 2.84. The van der Waals surface area contributed by atoms with Gasteiger partial charge in [0.1, 0.15) is 0 Å². The lowest BCUT2D eigenvalue weighted by atomic mass is 10.1. The van der Waals surface area contributed by atoms with E-state index in [9.17, 15) is 0 Å². The standard InChI is InChI=1S/C8H19P/c1-6-8(3,4)9(5)7-2/h9H,5-7H2,1-4H3. The summed E-state index contributed by atoms with van der Waals surface area (Å²) >= 11 is 0. The Hall–Kier alpha value is 0.300. The molecule has 0 spiro atoms. The number of rotatable bonds is 3. The first-order valence-electron chi connectivity index (χ1n) is 3.72. The zero-order valence-electron chi connectivity index (χ0n) is 7.12. The van der Waals surface area contributed by atoms with Gasteiger partial charge in [-0.25, -0.2) is 0 Å². The van der Waals surface area contributed by atoms with Crippen molar-refractivity contribution in [2.75, 3.05) is 6.16 Å². The number of hydrogen-bond donors (Lipinski definition) is 0. The largest absolute Gasteiger partial charge is 0.120 e. The van der Waals surface area contributed by atoms with Gasteiger partial charge in [-0.1, -0.05) is 27.7 Å². The molecule has 0 aromatic rings. The molecule has 0 radical (unpaired) electrons. The number of hydrogen-bond acceptors (Lipinski definition) is 0. The van der Waals surface area contributed by atoms with Gasteiger partial charge in [-0.15, -0.1) is 13.8 Å². The maximum atomic E-state index is 4.20. The highest BCUT2D eigenvalue weighted by Crippen LogP contribution is 2.39. The average molecular weight is 146 g/mol. The fourth-order valence-corrected chi connectivity index (χ4v) is 2.19. The summed E-state index contributed by atoms with van der Waals surface area (Å²) in [5.74, 6) is 0. The molecule has 0 aromatic carbocycles. The van der Waals surface area contributed by atoms with Crippen molar-refractivity contribution < 1.29 is 0 Å². The zero-order valence-corrected chi connectivity index (χ0v) is 8.12. The van der Waals surface area contributed by atoms with E-state index in [0.717, 1.165) is 0 Å². The summed E-state index contributed by atoms with van der Waals surface area (Å²) in [6.45, 7) is 9.17. The van der Waals surface area contributed by atoms with Gasteiger partial charge in [0, 0.05) is 0 Å². The Labute approximate surface area is 60.1 Å². The first-order chi connectivity index (χ1) is 4.04. The molecule has 0 amide bonds. The van der Waals surface area contributed by atoms with Crippen LogP contribution in [0.4, 0.5) is 0 Å². The minimum atomic E-state index is -0.306. The minimum Gasteiger partial charge on any atom is -0.120 e. The Balaban J connectivity index is 3.97. The molecule has 0 bridgehead atoms. The fourth-order valence-electron chi connectivity index (χ4n) is 0.729. The molecule has 0 saturated heterocycles. The molecule has 0 rings (SSSR count). The zero-order chi connectivity index (χ0) is 7.49. The molecule has 1 unspecified atom stereocenters. The summed E-state index contributed by atoms with van der Waals surface area (Å²) < 4.78 is 0. The highest BCUT2D eigenvalue weighted by Gasteiger charge is 2.15. The lowest BCUT2D eigenvalue weighted by Crippen LogP contribution is -2.12. The lowest BCUT2D eigenvalue weighted by Gasteiger charge is -2.25.